The second kappa shape index (κ2) is 8.27. The monoisotopic (exact) mass is 416 g/mol. The van der Waals surface area contributed by atoms with Gasteiger partial charge in [0.25, 0.3) is 11.5 Å². The van der Waals surface area contributed by atoms with E-state index in [2.05, 4.69) is 4.98 Å². The van der Waals surface area contributed by atoms with Crippen molar-refractivity contribution in [1.82, 2.24) is 9.55 Å². The maximum atomic E-state index is 12.9. The van der Waals surface area contributed by atoms with Crippen LogP contribution in [0.15, 0.2) is 82.6 Å². The molecule has 0 aliphatic carbocycles. The highest BCUT2D eigenvalue weighted by molar-refractivity contribution is 5.94. The van der Waals surface area contributed by atoms with E-state index in [-0.39, 0.29) is 30.5 Å². The number of nitrogen functional groups attached to an aromatic ring is 1. The summed E-state index contributed by atoms with van der Waals surface area (Å²) in [5, 5.41) is 2.06. The Labute approximate surface area is 177 Å². The predicted molar refractivity (Wildman–Crippen MR) is 119 cm³/mol. The number of H-pyrrole nitrogens is 1. The molecule has 0 aliphatic rings. The van der Waals surface area contributed by atoms with Crippen molar-refractivity contribution in [2.75, 3.05) is 17.7 Å². The third kappa shape index (κ3) is 4.09. The molecule has 2 heterocycles. The Bertz CT molecular complexity index is 1380. The number of hydrogen-bond acceptors (Lipinski definition) is 4. The van der Waals surface area contributed by atoms with E-state index in [0.29, 0.717) is 0 Å². The van der Waals surface area contributed by atoms with Gasteiger partial charge in [-0.05, 0) is 17.0 Å². The zero-order valence-electron chi connectivity index (χ0n) is 17.0. The van der Waals surface area contributed by atoms with E-state index < -0.39 is 11.2 Å². The first-order valence-corrected chi connectivity index (χ1v) is 9.75. The molecule has 0 aliphatic heterocycles. The van der Waals surface area contributed by atoms with Gasteiger partial charge in [0.05, 0.1) is 6.54 Å². The first-order chi connectivity index (χ1) is 14.9. The molecule has 2 aromatic heterocycles. The summed E-state index contributed by atoms with van der Waals surface area (Å²) < 4.78 is 2.99. The van der Waals surface area contributed by atoms with Gasteiger partial charge in [-0.25, -0.2) is 4.79 Å². The molecule has 0 bridgehead atoms. The minimum atomic E-state index is -0.703. The largest absolute Gasteiger partial charge is 0.383 e. The third-order valence-electron chi connectivity index (χ3n) is 5.17. The second-order valence-electron chi connectivity index (χ2n) is 7.26. The van der Waals surface area contributed by atoms with Gasteiger partial charge in [0, 0.05) is 18.5 Å². The van der Waals surface area contributed by atoms with Gasteiger partial charge in [-0.1, -0.05) is 48.5 Å². The number of anilines is 2. The number of carbonyl (C=O) groups is 1. The average molecular weight is 416 g/mol. The molecule has 31 heavy (non-hydrogen) atoms. The molecule has 0 fully saturated rings. The minimum Gasteiger partial charge on any atom is -0.383 e. The van der Waals surface area contributed by atoms with Crippen molar-refractivity contribution in [3.8, 4) is 0 Å². The lowest BCUT2D eigenvalue weighted by atomic mass is 10.2. The maximum absolute atomic E-state index is 12.9. The Morgan fingerprint density at radius 2 is 1.71 bits per heavy atom. The SMILES string of the molecule is CN(C(=O)C[n+]1ccc2ccccc2c1)c1c(N)n(Cc2ccccc2)c(=O)[nH]c1=O. The molecule has 0 radical (unpaired) electrons. The molecule has 0 atom stereocenters. The number of amides is 1. The average Bonchev–Trinajstić information content (AvgIpc) is 2.77. The number of aromatic nitrogens is 3. The van der Waals surface area contributed by atoms with Crippen molar-refractivity contribution in [2.24, 2.45) is 0 Å². The van der Waals surface area contributed by atoms with E-state index >= 15 is 0 Å². The van der Waals surface area contributed by atoms with Crippen molar-refractivity contribution < 1.29 is 9.36 Å². The van der Waals surface area contributed by atoms with Gasteiger partial charge in [-0.15, -0.1) is 0 Å². The van der Waals surface area contributed by atoms with Crippen LogP contribution < -0.4 is 26.4 Å². The van der Waals surface area contributed by atoms with E-state index in [0.717, 1.165) is 16.3 Å². The molecule has 4 aromatic rings. The second-order valence-corrected chi connectivity index (χ2v) is 7.26. The molecule has 0 spiro atoms. The van der Waals surface area contributed by atoms with Crippen molar-refractivity contribution in [2.45, 2.75) is 13.1 Å². The van der Waals surface area contributed by atoms with Crippen molar-refractivity contribution in [3.63, 3.8) is 0 Å². The minimum absolute atomic E-state index is 0.0119. The Hall–Kier alpha value is -4.20. The normalized spacial score (nSPS) is 10.9. The number of nitrogens with zero attached hydrogens (tertiary/aromatic N) is 3. The Morgan fingerprint density at radius 1 is 1.03 bits per heavy atom. The fourth-order valence-corrected chi connectivity index (χ4v) is 3.49. The van der Waals surface area contributed by atoms with E-state index in [1.807, 2.05) is 66.9 Å². The summed E-state index contributed by atoms with van der Waals surface area (Å²) in [5.41, 5.74) is 5.64. The highest BCUT2D eigenvalue weighted by Gasteiger charge is 2.23. The molecule has 0 saturated heterocycles. The van der Waals surface area contributed by atoms with E-state index in [1.54, 1.807) is 10.8 Å². The van der Waals surface area contributed by atoms with Crippen LogP contribution in [-0.2, 0) is 17.9 Å². The van der Waals surface area contributed by atoms with E-state index in [1.165, 1.54) is 16.5 Å². The number of likely N-dealkylation sites (N-methyl/N-ethyl adjacent to an activating group) is 1. The fourth-order valence-electron chi connectivity index (χ4n) is 3.49. The fraction of sp³-hybridized carbons (Fsp3) is 0.130. The van der Waals surface area contributed by atoms with Gasteiger partial charge in [0.15, 0.2) is 18.1 Å². The zero-order chi connectivity index (χ0) is 22.0. The van der Waals surface area contributed by atoms with E-state index in [4.69, 9.17) is 5.73 Å². The molecule has 0 saturated carbocycles. The van der Waals surface area contributed by atoms with Crippen LogP contribution in [0.1, 0.15) is 5.56 Å². The number of nitrogens with two attached hydrogens (primary N) is 1. The van der Waals surface area contributed by atoms with Crippen LogP contribution in [-0.4, -0.2) is 22.5 Å². The summed E-state index contributed by atoms with van der Waals surface area (Å²) in [7, 11) is 1.47. The Morgan fingerprint density at radius 3 is 2.45 bits per heavy atom. The van der Waals surface area contributed by atoms with Gasteiger partial charge in [-0.3, -0.25) is 19.1 Å². The molecular weight excluding hydrogens is 394 g/mol. The number of pyridine rings is 1. The molecule has 1 amide bonds. The Kier molecular flexibility index (Phi) is 5.36. The molecule has 8 heteroatoms. The first-order valence-electron chi connectivity index (χ1n) is 9.75. The van der Waals surface area contributed by atoms with Crippen LogP contribution in [0, 0.1) is 0 Å². The Balaban J connectivity index is 1.64. The van der Waals surface area contributed by atoms with Crippen LogP contribution in [0.25, 0.3) is 10.8 Å². The van der Waals surface area contributed by atoms with Crippen LogP contribution in [0.4, 0.5) is 11.5 Å². The number of nitrogens with one attached hydrogen (secondary N) is 1. The molecule has 8 nitrogen and oxygen atoms in total. The summed E-state index contributed by atoms with van der Waals surface area (Å²) in [6.45, 7) is 0.189. The number of rotatable bonds is 5. The molecule has 4 rings (SSSR count). The van der Waals surface area contributed by atoms with Crippen LogP contribution in [0.2, 0.25) is 0 Å². The number of carbonyl (C=O) groups excluding carboxylic acids is 1. The summed E-state index contributed by atoms with van der Waals surface area (Å²) in [6.07, 6.45) is 3.67. The van der Waals surface area contributed by atoms with Crippen molar-refractivity contribution >= 4 is 28.2 Å². The summed E-state index contributed by atoms with van der Waals surface area (Å²) >= 11 is 0. The highest BCUT2D eigenvalue weighted by atomic mass is 16.2. The number of benzene rings is 2. The van der Waals surface area contributed by atoms with Crippen molar-refractivity contribution in [1.29, 1.82) is 0 Å². The van der Waals surface area contributed by atoms with Crippen LogP contribution in [0.5, 0.6) is 0 Å². The van der Waals surface area contributed by atoms with Crippen LogP contribution >= 0.6 is 0 Å². The lowest BCUT2D eigenvalue weighted by molar-refractivity contribution is -0.682. The van der Waals surface area contributed by atoms with E-state index in [9.17, 15) is 14.4 Å². The number of hydrogen-bond donors (Lipinski definition) is 2. The zero-order valence-corrected chi connectivity index (χ0v) is 17.0. The van der Waals surface area contributed by atoms with Gasteiger partial charge >= 0.3 is 5.69 Å². The van der Waals surface area contributed by atoms with Gasteiger partial charge in [0.2, 0.25) is 6.54 Å². The number of fused-ring (bicyclic) bond motifs is 1. The summed E-state index contributed by atoms with van der Waals surface area (Å²) in [4.78, 5) is 41.2. The number of aromatic amines is 1. The predicted octanol–water partition coefficient (Wildman–Crippen LogP) is 1.27. The molecule has 156 valence electrons. The summed E-state index contributed by atoms with van der Waals surface area (Å²) in [5.74, 6) is -0.403. The molecule has 2 aromatic carbocycles. The standard InChI is InChI=1S/C23H21N5O3/c1-26(19(29)15-27-12-11-17-9-5-6-10-18(17)14-27)20-21(24)28(23(31)25-22(20)30)13-16-7-3-2-4-8-16/h2-12,14H,13,15H2,1H3,(H2-,24,25,30,31)/p+1. The van der Waals surface area contributed by atoms with Gasteiger partial charge in [-0.2, -0.15) is 4.57 Å². The maximum Gasteiger partial charge on any atom is 0.330 e. The topological polar surface area (TPSA) is 105 Å². The van der Waals surface area contributed by atoms with Gasteiger partial charge in [0.1, 0.15) is 5.82 Å². The summed E-state index contributed by atoms with van der Waals surface area (Å²) in [6, 6.07) is 19.0. The lowest BCUT2D eigenvalue weighted by Crippen LogP contribution is -2.46. The molecule has 0 unspecified atom stereocenters. The molecule has 3 N–H and O–H groups in total. The van der Waals surface area contributed by atoms with Crippen molar-refractivity contribution in [3.05, 3.63) is 99.5 Å². The first kappa shape index (κ1) is 20.1. The van der Waals surface area contributed by atoms with Crippen LogP contribution in [0.3, 0.4) is 0 Å². The molecular formula is C23H22N5O3+. The lowest BCUT2D eigenvalue weighted by Gasteiger charge is -2.19. The highest BCUT2D eigenvalue weighted by Crippen LogP contribution is 2.16. The quantitative estimate of drug-likeness (QED) is 0.478. The van der Waals surface area contributed by atoms with Gasteiger partial charge < -0.3 is 10.6 Å². The third-order valence-corrected chi connectivity index (χ3v) is 5.17. The smallest absolute Gasteiger partial charge is 0.330 e.